The third-order valence-corrected chi connectivity index (χ3v) is 3.40. The largest absolute Gasteiger partial charge is 0.480 e. The Hall–Kier alpha value is -0.690. The van der Waals surface area contributed by atoms with Gasteiger partial charge in [0.25, 0.3) is 0 Å². The molecule has 1 heterocycles. The van der Waals surface area contributed by atoms with Gasteiger partial charge in [0.05, 0.1) is 18.8 Å². The van der Waals surface area contributed by atoms with E-state index in [1.165, 1.54) is 0 Å². The Morgan fingerprint density at radius 2 is 1.79 bits per heavy atom. The lowest BCUT2D eigenvalue weighted by atomic mass is 10.2. The number of piperazine rings is 1. The number of aliphatic carboxylic acids is 1. The van der Waals surface area contributed by atoms with Crippen LogP contribution in [0.15, 0.2) is 0 Å². The summed E-state index contributed by atoms with van der Waals surface area (Å²) in [5, 5.41) is 18.8. The van der Waals surface area contributed by atoms with Crippen molar-refractivity contribution in [3.63, 3.8) is 0 Å². The molecule has 1 aliphatic rings. The zero-order valence-electron chi connectivity index (χ0n) is 12.1. The third kappa shape index (κ3) is 5.86. The number of nitrogens with zero attached hydrogens (tertiary/aromatic N) is 2. The summed E-state index contributed by atoms with van der Waals surface area (Å²) in [6.45, 7) is 9.56. The van der Waals surface area contributed by atoms with Crippen molar-refractivity contribution in [2.45, 2.75) is 39.0 Å². The van der Waals surface area contributed by atoms with Gasteiger partial charge >= 0.3 is 5.97 Å². The molecule has 112 valence electrons. The van der Waals surface area contributed by atoms with Crippen LogP contribution in [0.25, 0.3) is 0 Å². The van der Waals surface area contributed by atoms with Gasteiger partial charge in [0.2, 0.25) is 0 Å². The number of aliphatic hydroxyl groups is 1. The van der Waals surface area contributed by atoms with E-state index in [9.17, 15) is 9.90 Å². The number of aliphatic hydroxyl groups excluding tert-OH is 1. The predicted molar refractivity (Wildman–Crippen MR) is 72.2 cm³/mol. The fraction of sp³-hybridized carbons (Fsp3) is 0.923. The Bertz CT molecular complexity index is 278. The van der Waals surface area contributed by atoms with Gasteiger partial charge in [0.15, 0.2) is 0 Å². The molecule has 0 spiro atoms. The number of hydrogen-bond donors (Lipinski definition) is 2. The molecule has 6 heteroatoms. The number of ether oxygens (including phenoxy) is 1. The van der Waals surface area contributed by atoms with Crippen molar-refractivity contribution in [3.8, 4) is 0 Å². The van der Waals surface area contributed by atoms with Crippen LogP contribution in [-0.2, 0) is 9.53 Å². The van der Waals surface area contributed by atoms with Crippen molar-refractivity contribution in [1.29, 1.82) is 0 Å². The van der Waals surface area contributed by atoms with Crippen LogP contribution in [0.3, 0.4) is 0 Å². The first-order chi connectivity index (χ1) is 8.90. The highest BCUT2D eigenvalue weighted by Gasteiger charge is 2.25. The van der Waals surface area contributed by atoms with E-state index >= 15 is 0 Å². The average Bonchev–Trinajstić information content (AvgIpc) is 2.36. The molecular formula is C13H26N2O4. The molecule has 1 aliphatic heterocycles. The van der Waals surface area contributed by atoms with Gasteiger partial charge in [0, 0.05) is 32.7 Å². The Morgan fingerprint density at radius 3 is 2.26 bits per heavy atom. The summed E-state index contributed by atoms with van der Waals surface area (Å²) in [6.07, 6.45) is -0.353. The summed E-state index contributed by atoms with van der Waals surface area (Å²) in [7, 11) is 0. The van der Waals surface area contributed by atoms with E-state index in [1.807, 2.05) is 18.7 Å². The monoisotopic (exact) mass is 274 g/mol. The highest BCUT2D eigenvalue weighted by Crippen LogP contribution is 2.07. The molecule has 0 saturated carbocycles. The first-order valence-corrected chi connectivity index (χ1v) is 6.89. The maximum atomic E-state index is 10.9. The normalized spacial score (nSPS) is 21.5. The standard InChI is InChI=1S/C13H26N2O4/c1-10(2)19-9-12(16)8-14-4-6-15(7-5-14)11(3)13(17)18/h10-12,16H,4-9H2,1-3H3,(H,17,18). The van der Waals surface area contributed by atoms with E-state index in [0.717, 1.165) is 26.2 Å². The van der Waals surface area contributed by atoms with Crippen LogP contribution in [0.5, 0.6) is 0 Å². The molecule has 6 nitrogen and oxygen atoms in total. The van der Waals surface area contributed by atoms with Crippen molar-refractivity contribution in [3.05, 3.63) is 0 Å². The van der Waals surface area contributed by atoms with Gasteiger partial charge in [-0.3, -0.25) is 14.6 Å². The minimum Gasteiger partial charge on any atom is -0.480 e. The first kappa shape index (κ1) is 16.4. The molecule has 0 aromatic carbocycles. The SMILES string of the molecule is CC(C)OCC(O)CN1CCN(C(C)C(=O)O)CC1. The van der Waals surface area contributed by atoms with Gasteiger partial charge in [-0.15, -0.1) is 0 Å². The molecule has 2 N–H and O–H groups in total. The smallest absolute Gasteiger partial charge is 0.320 e. The summed E-state index contributed by atoms with van der Waals surface area (Å²) in [5.74, 6) is -0.779. The van der Waals surface area contributed by atoms with Gasteiger partial charge in [-0.05, 0) is 20.8 Å². The Morgan fingerprint density at radius 1 is 1.21 bits per heavy atom. The van der Waals surface area contributed by atoms with Gasteiger partial charge < -0.3 is 14.9 Å². The second-order valence-corrected chi connectivity index (χ2v) is 5.39. The van der Waals surface area contributed by atoms with Crippen molar-refractivity contribution < 1.29 is 19.7 Å². The van der Waals surface area contributed by atoms with Crippen LogP contribution < -0.4 is 0 Å². The van der Waals surface area contributed by atoms with Crippen LogP contribution in [0.4, 0.5) is 0 Å². The second-order valence-electron chi connectivity index (χ2n) is 5.39. The number of rotatable bonds is 7. The molecule has 2 atom stereocenters. The van der Waals surface area contributed by atoms with Crippen LogP contribution >= 0.6 is 0 Å². The molecule has 2 unspecified atom stereocenters. The molecule has 0 amide bonds. The van der Waals surface area contributed by atoms with Crippen LogP contribution in [0, 0.1) is 0 Å². The molecular weight excluding hydrogens is 248 g/mol. The first-order valence-electron chi connectivity index (χ1n) is 6.89. The number of hydrogen-bond acceptors (Lipinski definition) is 5. The van der Waals surface area contributed by atoms with E-state index in [1.54, 1.807) is 6.92 Å². The van der Waals surface area contributed by atoms with E-state index in [0.29, 0.717) is 13.2 Å². The zero-order chi connectivity index (χ0) is 14.4. The third-order valence-electron chi connectivity index (χ3n) is 3.40. The fourth-order valence-electron chi connectivity index (χ4n) is 2.14. The summed E-state index contributed by atoms with van der Waals surface area (Å²) in [5.41, 5.74) is 0. The van der Waals surface area contributed by atoms with Crippen molar-refractivity contribution in [1.82, 2.24) is 9.80 Å². The van der Waals surface area contributed by atoms with Crippen LogP contribution in [0.2, 0.25) is 0 Å². The summed E-state index contributed by atoms with van der Waals surface area (Å²) < 4.78 is 5.37. The molecule has 19 heavy (non-hydrogen) atoms. The van der Waals surface area contributed by atoms with Crippen molar-refractivity contribution in [2.75, 3.05) is 39.3 Å². The quantitative estimate of drug-likeness (QED) is 0.673. The molecule has 1 rings (SSSR count). The molecule has 0 bridgehead atoms. The predicted octanol–water partition coefficient (Wildman–Crippen LogP) is -0.137. The Balaban J connectivity index is 2.24. The van der Waals surface area contributed by atoms with Gasteiger partial charge in [0.1, 0.15) is 6.04 Å². The summed E-state index contributed by atoms with van der Waals surface area (Å²) in [6, 6.07) is -0.434. The Kier molecular flexibility index (Phi) is 6.71. The van der Waals surface area contributed by atoms with E-state index in [4.69, 9.17) is 9.84 Å². The molecule has 0 aromatic rings. The second kappa shape index (κ2) is 7.79. The van der Waals surface area contributed by atoms with Crippen LogP contribution in [0.1, 0.15) is 20.8 Å². The lowest BCUT2D eigenvalue weighted by molar-refractivity contribution is -0.143. The van der Waals surface area contributed by atoms with E-state index < -0.39 is 18.1 Å². The average molecular weight is 274 g/mol. The lowest BCUT2D eigenvalue weighted by Gasteiger charge is -2.37. The highest BCUT2D eigenvalue weighted by atomic mass is 16.5. The van der Waals surface area contributed by atoms with Gasteiger partial charge in [-0.25, -0.2) is 0 Å². The topological polar surface area (TPSA) is 73.2 Å². The van der Waals surface area contributed by atoms with Gasteiger partial charge in [-0.2, -0.15) is 0 Å². The molecule has 1 saturated heterocycles. The number of carboxylic acids is 1. The molecule has 0 aliphatic carbocycles. The molecule has 0 aromatic heterocycles. The molecule has 0 radical (unpaired) electrons. The Labute approximate surface area is 114 Å². The lowest BCUT2D eigenvalue weighted by Crippen LogP contribution is -2.53. The number of β-amino-alcohol motifs (C(OH)–C–C–N with tert-alkyl or cyclic N) is 1. The fourth-order valence-corrected chi connectivity index (χ4v) is 2.14. The number of carboxylic acid groups (broad SMARTS) is 1. The van der Waals surface area contributed by atoms with E-state index in [2.05, 4.69) is 4.90 Å². The maximum absolute atomic E-state index is 10.9. The van der Waals surface area contributed by atoms with Crippen molar-refractivity contribution in [2.24, 2.45) is 0 Å². The minimum atomic E-state index is -0.779. The van der Waals surface area contributed by atoms with Gasteiger partial charge in [-0.1, -0.05) is 0 Å². The highest BCUT2D eigenvalue weighted by molar-refractivity contribution is 5.72. The number of carbonyl (C=O) groups is 1. The van der Waals surface area contributed by atoms with E-state index in [-0.39, 0.29) is 6.10 Å². The van der Waals surface area contributed by atoms with Crippen molar-refractivity contribution >= 4 is 5.97 Å². The maximum Gasteiger partial charge on any atom is 0.320 e. The van der Waals surface area contributed by atoms with Crippen LogP contribution in [-0.4, -0.2) is 83.6 Å². The molecule has 1 fully saturated rings. The minimum absolute atomic E-state index is 0.128. The summed E-state index contributed by atoms with van der Waals surface area (Å²) >= 11 is 0. The summed E-state index contributed by atoms with van der Waals surface area (Å²) in [4.78, 5) is 15.0. The zero-order valence-corrected chi connectivity index (χ0v) is 12.1.